The van der Waals surface area contributed by atoms with E-state index in [9.17, 15) is 9.59 Å². The van der Waals surface area contributed by atoms with Crippen LogP contribution in [0.3, 0.4) is 0 Å². The average Bonchev–Trinajstić information content (AvgIpc) is 2.98. The third kappa shape index (κ3) is 2.66. The lowest BCUT2D eigenvalue weighted by atomic mass is 9.84. The lowest BCUT2D eigenvalue weighted by Crippen LogP contribution is -2.54. The number of hydrogen-bond donors (Lipinski definition) is 0. The van der Waals surface area contributed by atoms with Gasteiger partial charge in [-0.1, -0.05) is 76.6 Å². The summed E-state index contributed by atoms with van der Waals surface area (Å²) in [4.78, 5) is 28.8. The molecule has 28 heavy (non-hydrogen) atoms. The van der Waals surface area contributed by atoms with Crippen LogP contribution in [0.1, 0.15) is 21.5 Å². The van der Waals surface area contributed by atoms with Gasteiger partial charge in [0.15, 0.2) is 0 Å². The fourth-order valence-electron chi connectivity index (χ4n) is 3.85. The molecule has 5 heteroatoms. The Morgan fingerprint density at radius 2 is 1.61 bits per heavy atom. The third-order valence-corrected chi connectivity index (χ3v) is 5.79. The van der Waals surface area contributed by atoms with E-state index in [-0.39, 0.29) is 5.78 Å². The van der Waals surface area contributed by atoms with Crippen LogP contribution in [0, 0.1) is 0 Å². The number of benzene rings is 3. The molecule has 1 heterocycles. The molecule has 0 bridgehead atoms. The van der Waals surface area contributed by atoms with Crippen LogP contribution in [0.25, 0.3) is 0 Å². The van der Waals surface area contributed by atoms with Gasteiger partial charge in [0.05, 0.1) is 7.11 Å². The quantitative estimate of drug-likeness (QED) is 0.439. The Morgan fingerprint density at radius 1 is 0.964 bits per heavy atom. The smallest absolute Gasteiger partial charge is 0.344 e. The number of carbonyl (C=O) groups excluding carboxylic acids is 2. The number of methoxy groups -OCH3 is 1. The maximum atomic E-state index is 13.7. The molecule has 4 rings (SSSR count). The Balaban J connectivity index is 2.00. The van der Waals surface area contributed by atoms with Crippen molar-refractivity contribution in [3.8, 4) is 0 Å². The summed E-state index contributed by atoms with van der Waals surface area (Å²) in [6.07, 6.45) is 0. The number of carbonyl (C=O) groups is 2. The highest BCUT2D eigenvalue weighted by Crippen LogP contribution is 2.48. The molecule has 0 N–H and O–H groups in total. The van der Waals surface area contributed by atoms with E-state index in [1.165, 1.54) is 7.11 Å². The Morgan fingerprint density at radius 3 is 2.32 bits per heavy atom. The van der Waals surface area contributed by atoms with E-state index in [1.807, 2.05) is 71.6 Å². The van der Waals surface area contributed by atoms with Gasteiger partial charge in [-0.3, -0.25) is 4.79 Å². The number of rotatable bonds is 4. The van der Waals surface area contributed by atoms with Crippen molar-refractivity contribution < 1.29 is 14.3 Å². The Kier molecular flexibility index (Phi) is 4.77. The number of ketones is 1. The van der Waals surface area contributed by atoms with Gasteiger partial charge in [0.25, 0.3) is 0 Å². The van der Waals surface area contributed by atoms with Crippen LogP contribution in [-0.2, 0) is 21.6 Å². The number of ether oxygens (including phenoxy) is 1. The van der Waals surface area contributed by atoms with Crippen LogP contribution in [0.5, 0.6) is 0 Å². The van der Waals surface area contributed by atoms with E-state index in [0.717, 1.165) is 11.3 Å². The summed E-state index contributed by atoms with van der Waals surface area (Å²) in [7, 11) is 1.32. The number of Topliss-reactive ketones (excluding diaryl/α,β-unsaturated/α-hetero) is 1. The molecule has 0 amide bonds. The molecule has 0 radical (unpaired) electrons. The maximum Gasteiger partial charge on any atom is 0.344 e. The first kappa shape index (κ1) is 18.4. The fraction of sp³-hybridized carbons (Fsp3) is 0.130. The van der Waals surface area contributed by atoms with Crippen molar-refractivity contribution in [2.75, 3.05) is 12.0 Å². The van der Waals surface area contributed by atoms with E-state index in [1.54, 1.807) is 12.1 Å². The highest BCUT2D eigenvalue weighted by Gasteiger charge is 2.59. The van der Waals surface area contributed by atoms with Crippen LogP contribution < -0.4 is 4.90 Å². The summed E-state index contributed by atoms with van der Waals surface area (Å²) in [5.41, 5.74) is 1.21. The first-order chi connectivity index (χ1) is 13.6. The molecule has 1 atom stereocenters. The van der Waals surface area contributed by atoms with E-state index in [0.29, 0.717) is 22.1 Å². The molecule has 1 aliphatic rings. The molecule has 1 aliphatic heterocycles. The summed E-state index contributed by atoms with van der Waals surface area (Å²) < 4.78 is 5.87. The van der Waals surface area contributed by atoms with Crippen LogP contribution in [-0.4, -0.2) is 18.9 Å². The average molecular weight is 436 g/mol. The van der Waals surface area contributed by atoms with Gasteiger partial charge in [0, 0.05) is 27.8 Å². The molecular weight excluding hydrogens is 418 g/mol. The molecular formula is C23H18BrNO3. The first-order valence-corrected chi connectivity index (χ1v) is 9.68. The third-order valence-electron chi connectivity index (χ3n) is 5.10. The summed E-state index contributed by atoms with van der Waals surface area (Å²) in [6, 6.07) is 24.4. The summed E-state index contributed by atoms with van der Waals surface area (Å²) in [5.74, 6) is -0.880. The number of esters is 1. The van der Waals surface area contributed by atoms with Gasteiger partial charge in [0.1, 0.15) is 0 Å². The minimum Gasteiger partial charge on any atom is -0.467 e. The minimum absolute atomic E-state index is 0.280. The van der Waals surface area contributed by atoms with Gasteiger partial charge in [0.2, 0.25) is 11.3 Å². The van der Waals surface area contributed by atoms with Crippen LogP contribution in [0.4, 0.5) is 5.69 Å². The number of halogens is 1. The second-order valence-electron chi connectivity index (χ2n) is 6.60. The summed E-state index contributed by atoms with van der Waals surface area (Å²) in [5, 5.41) is 0. The molecule has 1 unspecified atom stereocenters. The molecule has 0 fully saturated rings. The zero-order valence-corrected chi connectivity index (χ0v) is 16.8. The zero-order valence-electron chi connectivity index (χ0n) is 15.3. The van der Waals surface area contributed by atoms with E-state index >= 15 is 0 Å². The van der Waals surface area contributed by atoms with Gasteiger partial charge in [-0.2, -0.15) is 0 Å². The molecule has 0 aliphatic carbocycles. The highest BCUT2D eigenvalue weighted by molar-refractivity contribution is 9.10. The predicted octanol–water partition coefficient (Wildman–Crippen LogP) is 4.72. The van der Waals surface area contributed by atoms with Gasteiger partial charge in [-0.05, 0) is 23.8 Å². The van der Waals surface area contributed by atoms with Crippen molar-refractivity contribution >= 4 is 33.4 Å². The normalized spacial score (nSPS) is 18.1. The number of nitrogens with zero attached hydrogens (tertiary/aromatic N) is 1. The second kappa shape index (κ2) is 7.24. The number of hydrogen-bond acceptors (Lipinski definition) is 4. The lowest BCUT2D eigenvalue weighted by Gasteiger charge is -2.37. The number of fused-ring (bicyclic) bond motifs is 1. The van der Waals surface area contributed by atoms with E-state index in [2.05, 4.69) is 15.9 Å². The zero-order chi connectivity index (χ0) is 19.7. The maximum absolute atomic E-state index is 13.7. The van der Waals surface area contributed by atoms with Crippen molar-refractivity contribution in [2.45, 2.75) is 12.1 Å². The molecule has 0 aromatic heterocycles. The topological polar surface area (TPSA) is 46.6 Å². The second-order valence-corrected chi connectivity index (χ2v) is 7.45. The fourth-order valence-corrected chi connectivity index (χ4v) is 4.42. The van der Waals surface area contributed by atoms with Crippen LogP contribution in [0.2, 0.25) is 0 Å². The van der Waals surface area contributed by atoms with Crippen molar-refractivity contribution in [1.82, 2.24) is 0 Å². The molecule has 3 aromatic carbocycles. The highest BCUT2D eigenvalue weighted by atomic mass is 79.9. The van der Waals surface area contributed by atoms with E-state index in [4.69, 9.17) is 4.74 Å². The van der Waals surface area contributed by atoms with E-state index < -0.39 is 11.5 Å². The van der Waals surface area contributed by atoms with Crippen LogP contribution >= 0.6 is 15.9 Å². The largest absolute Gasteiger partial charge is 0.467 e. The SMILES string of the molecule is COC(=O)C1(c2ccccc2Br)C(=O)c2ccccc2N1Cc1ccccc1. The van der Waals surface area contributed by atoms with Gasteiger partial charge >= 0.3 is 5.97 Å². The monoisotopic (exact) mass is 435 g/mol. The van der Waals surface area contributed by atoms with Crippen molar-refractivity contribution in [3.05, 3.63) is 100 Å². The van der Waals surface area contributed by atoms with Crippen LogP contribution in [0.15, 0.2) is 83.3 Å². The standard InChI is InChI=1S/C23H18BrNO3/c1-28-22(27)23(18-12-6-7-13-19(18)24)21(26)17-11-5-8-14-20(17)25(23)15-16-9-3-2-4-10-16/h2-14H,15H2,1H3. The van der Waals surface area contributed by atoms with Crippen molar-refractivity contribution in [3.63, 3.8) is 0 Å². The van der Waals surface area contributed by atoms with Gasteiger partial charge in [-0.15, -0.1) is 0 Å². The van der Waals surface area contributed by atoms with Crippen molar-refractivity contribution in [2.24, 2.45) is 0 Å². The predicted molar refractivity (Wildman–Crippen MR) is 111 cm³/mol. The Bertz CT molecular complexity index is 1050. The molecule has 0 saturated heterocycles. The number of anilines is 1. The number of para-hydroxylation sites is 1. The minimum atomic E-state index is -1.59. The van der Waals surface area contributed by atoms with Gasteiger partial charge < -0.3 is 9.64 Å². The van der Waals surface area contributed by atoms with Gasteiger partial charge in [-0.25, -0.2) is 4.79 Å². The molecule has 3 aromatic rings. The Labute approximate surface area is 171 Å². The molecule has 0 spiro atoms. The summed E-state index contributed by atoms with van der Waals surface area (Å²) >= 11 is 3.54. The lowest BCUT2D eigenvalue weighted by molar-refractivity contribution is -0.145. The Hall–Kier alpha value is -2.92. The van der Waals surface area contributed by atoms with Crippen molar-refractivity contribution in [1.29, 1.82) is 0 Å². The first-order valence-electron chi connectivity index (χ1n) is 8.89. The molecule has 4 nitrogen and oxygen atoms in total. The molecule has 0 saturated carbocycles. The molecule has 140 valence electrons. The summed E-state index contributed by atoms with van der Waals surface area (Å²) in [6.45, 7) is 0.389.